The fourth-order valence-electron chi connectivity index (χ4n) is 1.57. The molecule has 0 spiro atoms. The van der Waals surface area contributed by atoms with Crippen molar-refractivity contribution in [2.75, 3.05) is 18.4 Å². The van der Waals surface area contributed by atoms with Gasteiger partial charge >= 0.3 is 0 Å². The molecular weight excluding hydrogens is 292 g/mol. The second kappa shape index (κ2) is 7.54. The lowest BCUT2D eigenvalue weighted by molar-refractivity contribution is -0.116. The van der Waals surface area contributed by atoms with Crippen molar-refractivity contribution >= 4 is 27.5 Å². The largest absolute Gasteiger partial charge is 0.326 e. The fourth-order valence-corrected chi connectivity index (χ4v) is 2.05. The van der Waals surface area contributed by atoms with Gasteiger partial charge in [0.05, 0.1) is 0 Å². The molecule has 0 saturated heterocycles. The van der Waals surface area contributed by atoms with E-state index >= 15 is 0 Å². The molecule has 0 aliphatic rings. The number of anilines is 1. The van der Waals surface area contributed by atoms with E-state index in [1.54, 1.807) is 0 Å². The molecule has 0 aromatic heterocycles. The molecule has 0 radical (unpaired) electrons. The summed E-state index contributed by atoms with van der Waals surface area (Å²) in [5.74, 6) is 0.665. The summed E-state index contributed by atoms with van der Waals surface area (Å²) < 4.78 is 1.02. The second-order valence-corrected chi connectivity index (χ2v) is 5.77. The summed E-state index contributed by atoms with van der Waals surface area (Å²) in [5, 5.41) is 6.18. The number of carbonyl (C=O) groups is 1. The number of benzene rings is 1. The molecule has 1 rings (SSSR count). The summed E-state index contributed by atoms with van der Waals surface area (Å²) in [6.45, 7) is 7.96. The first-order chi connectivity index (χ1) is 8.49. The molecule has 3 nitrogen and oxygen atoms in total. The van der Waals surface area contributed by atoms with Crippen LogP contribution in [-0.4, -0.2) is 19.0 Å². The topological polar surface area (TPSA) is 41.1 Å². The number of nitrogens with one attached hydrogen (secondary N) is 2. The third-order valence-corrected chi connectivity index (χ3v) is 3.04. The Balaban J connectivity index is 2.35. The number of hydrogen-bond donors (Lipinski definition) is 2. The van der Waals surface area contributed by atoms with E-state index in [1.165, 1.54) is 0 Å². The number of carbonyl (C=O) groups excluding carboxylic acids is 1. The van der Waals surface area contributed by atoms with Gasteiger partial charge in [-0.2, -0.15) is 0 Å². The highest BCUT2D eigenvalue weighted by molar-refractivity contribution is 9.10. The van der Waals surface area contributed by atoms with E-state index in [0.29, 0.717) is 12.3 Å². The van der Waals surface area contributed by atoms with E-state index in [2.05, 4.69) is 40.4 Å². The number of amides is 1. The molecule has 1 aromatic rings. The van der Waals surface area contributed by atoms with Crippen molar-refractivity contribution in [2.45, 2.75) is 27.2 Å². The molecule has 0 fully saturated rings. The van der Waals surface area contributed by atoms with Crippen LogP contribution in [-0.2, 0) is 4.79 Å². The van der Waals surface area contributed by atoms with E-state index in [-0.39, 0.29) is 5.91 Å². The summed E-state index contributed by atoms with van der Waals surface area (Å²) >= 11 is 3.40. The third-order valence-electron chi connectivity index (χ3n) is 2.54. The number of aryl methyl sites for hydroxylation is 1. The molecule has 0 aliphatic carbocycles. The van der Waals surface area contributed by atoms with Crippen LogP contribution in [0, 0.1) is 12.8 Å². The van der Waals surface area contributed by atoms with Crippen LogP contribution >= 0.6 is 15.9 Å². The molecule has 100 valence electrons. The maximum Gasteiger partial charge on any atom is 0.225 e. The van der Waals surface area contributed by atoms with Gasteiger partial charge in [0.25, 0.3) is 0 Å². The zero-order valence-corrected chi connectivity index (χ0v) is 12.8. The number of hydrogen-bond acceptors (Lipinski definition) is 2. The zero-order valence-electron chi connectivity index (χ0n) is 11.2. The maximum absolute atomic E-state index is 11.7. The van der Waals surface area contributed by atoms with Crippen LogP contribution in [0.1, 0.15) is 25.8 Å². The van der Waals surface area contributed by atoms with Gasteiger partial charge in [0.15, 0.2) is 0 Å². The first-order valence-electron chi connectivity index (χ1n) is 6.25. The van der Waals surface area contributed by atoms with E-state index < -0.39 is 0 Å². The number of rotatable bonds is 6. The van der Waals surface area contributed by atoms with Gasteiger partial charge in [-0.1, -0.05) is 29.8 Å². The smallest absolute Gasteiger partial charge is 0.225 e. The average molecular weight is 313 g/mol. The molecule has 1 amide bonds. The van der Waals surface area contributed by atoms with Crippen molar-refractivity contribution in [3.8, 4) is 0 Å². The molecule has 0 bridgehead atoms. The Morgan fingerprint density at radius 3 is 2.72 bits per heavy atom. The molecule has 1 aromatic carbocycles. The first kappa shape index (κ1) is 15.2. The monoisotopic (exact) mass is 312 g/mol. The van der Waals surface area contributed by atoms with Gasteiger partial charge in [-0.05, 0) is 43.1 Å². The van der Waals surface area contributed by atoms with E-state index in [1.807, 2.05) is 25.1 Å². The molecule has 0 unspecified atom stereocenters. The van der Waals surface area contributed by atoms with Crippen molar-refractivity contribution in [1.29, 1.82) is 0 Å². The van der Waals surface area contributed by atoms with Crippen LogP contribution < -0.4 is 10.6 Å². The number of halogens is 1. The van der Waals surface area contributed by atoms with Gasteiger partial charge < -0.3 is 10.6 Å². The summed E-state index contributed by atoms with van der Waals surface area (Å²) in [7, 11) is 0. The van der Waals surface area contributed by atoms with Gasteiger partial charge in [-0.25, -0.2) is 0 Å². The SMILES string of the molecule is Cc1cc(Br)ccc1NC(=O)CCNCC(C)C. The third kappa shape index (κ3) is 5.65. The lowest BCUT2D eigenvalue weighted by Gasteiger charge is -2.10. The first-order valence-corrected chi connectivity index (χ1v) is 7.05. The molecule has 0 saturated carbocycles. The lowest BCUT2D eigenvalue weighted by atomic mass is 10.2. The zero-order chi connectivity index (χ0) is 13.5. The minimum Gasteiger partial charge on any atom is -0.326 e. The Morgan fingerprint density at radius 2 is 2.11 bits per heavy atom. The van der Waals surface area contributed by atoms with Crippen LogP contribution in [0.25, 0.3) is 0 Å². The molecule has 4 heteroatoms. The predicted octanol–water partition coefficient (Wildman–Crippen LogP) is 3.33. The molecule has 18 heavy (non-hydrogen) atoms. The minimum atomic E-state index is 0.0525. The Kier molecular flexibility index (Phi) is 6.36. The van der Waals surface area contributed by atoms with E-state index in [9.17, 15) is 4.79 Å². The Morgan fingerprint density at radius 1 is 1.39 bits per heavy atom. The standard InChI is InChI=1S/C14H21BrN2O/c1-10(2)9-16-7-6-14(18)17-13-5-4-12(15)8-11(13)3/h4-5,8,10,16H,6-7,9H2,1-3H3,(H,17,18). The summed E-state index contributed by atoms with van der Waals surface area (Å²) in [5.41, 5.74) is 1.94. The van der Waals surface area contributed by atoms with Gasteiger partial charge in [0.1, 0.15) is 0 Å². The summed E-state index contributed by atoms with van der Waals surface area (Å²) in [6, 6.07) is 5.84. The average Bonchev–Trinajstić information content (AvgIpc) is 2.28. The molecule has 0 atom stereocenters. The van der Waals surface area contributed by atoms with Crippen LogP contribution in [0.5, 0.6) is 0 Å². The van der Waals surface area contributed by atoms with Crippen LogP contribution in [0.2, 0.25) is 0 Å². The van der Waals surface area contributed by atoms with Crippen LogP contribution in [0.3, 0.4) is 0 Å². The van der Waals surface area contributed by atoms with Crippen molar-refractivity contribution in [3.05, 3.63) is 28.2 Å². The Labute approximate surface area is 117 Å². The molecule has 2 N–H and O–H groups in total. The highest BCUT2D eigenvalue weighted by atomic mass is 79.9. The Bertz CT molecular complexity index is 405. The highest BCUT2D eigenvalue weighted by Gasteiger charge is 2.04. The quantitative estimate of drug-likeness (QED) is 0.791. The van der Waals surface area contributed by atoms with Crippen molar-refractivity contribution in [2.24, 2.45) is 5.92 Å². The highest BCUT2D eigenvalue weighted by Crippen LogP contribution is 2.19. The molecule has 0 heterocycles. The van der Waals surface area contributed by atoms with Crippen molar-refractivity contribution in [1.82, 2.24) is 5.32 Å². The van der Waals surface area contributed by atoms with Crippen molar-refractivity contribution < 1.29 is 4.79 Å². The molecular formula is C14H21BrN2O. The van der Waals surface area contributed by atoms with Crippen molar-refractivity contribution in [3.63, 3.8) is 0 Å². The second-order valence-electron chi connectivity index (χ2n) is 4.86. The minimum absolute atomic E-state index is 0.0525. The van der Waals surface area contributed by atoms with E-state index in [4.69, 9.17) is 0 Å². The molecule has 0 aliphatic heterocycles. The van der Waals surface area contributed by atoms with Gasteiger partial charge in [-0.15, -0.1) is 0 Å². The normalized spacial score (nSPS) is 10.7. The van der Waals surface area contributed by atoms with E-state index in [0.717, 1.165) is 28.8 Å². The summed E-state index contributed by atoms with van der Waals surface area (Å²) in [4.78, 5) is 11.7. The van der Waals surface area contributed by atoms with Gasteiger partial charge in [0.2, 0.25) is 5.91 Å². The Hall–Kier alpha value is -0.870. The van der Waals surface area contributed by atoms with Gasteiger partial charge in [0, 0.05) is 23.1 Å². The van der Waals surface area contributed by atoms with Crippen LogP contribution in [0.15, 0.2) is 22.7 Å². The lowest BCUT2D eigenvalue weighted by Crippen LogP contribution is -2.25. The fraction of sp³-hybridized carbons (Fsp3) is 0.500. The van der Waals surface area contributed by atoms with Gasteiger partial charge in [-0.3, -0.25) is 4.79 Å². The predicted molar refractivity (Wildman–Crippen MR) is 79.8 cm³/mol. The summed E-state index contributed by atoms with van der Waals surface area (Å²) in [6.07, 6.45) is 0.502. The van der Waals surface area contributed by atoms with Crippen LogP contribution in [0.4, 0.5) is 5.69 Å². The maximum atomic E-state index is 11.7.